The highest BCUT2D eigenvalue weighted by molar-refractivity contribution is 6.30. The van der Waals surface area contributed by atoms with E-state index in [9.17, 15) is 0 Å². The minimum Gasteiger partial charge on any atom is -0.353 e. The van der Waals surface area contributed by atoms with Crippen LogP contribution in [-0.2, 0) is 0 Å². The zero-order valence-electron chi connectivity index (χ0n) is 11.0. The molecule has 0 aliphatic carbocycles. The first-order valence-electron chi connectivity index (χ1n) is 6.54. The number of nitrogens with zero attached hydrogens (tertiary/aromatic N) is 3. The first-order valence-corrected chi connectivity index (χ1v) is 6.92. The highest BCUT2D eigenvalue weighted by atomic mass is 35.5. The zero-order chi connectivity index (χ0) is 14.2. The number of nitrogens with one attached hydrogen (secondary N) is 1. The molecule has 0 spiro atoms. The molecule has 2 aromatic carbocycles. The van der Waals surface area contributed by atoms with Gasteiger partial charge in [-0.2, -0.15) is 5.10 Å². The van der Waals surface area contributed by atoms with Crippen LogP contribution in [-0.4, -0.2) is 19.7 Å². The second-order valence-corrected chi connectivity index (χ2v) is 5.18. The number of para-hydroxylation sites is 1. The summed E-state index contributed by atoms with van der Waals surface area (Å²) < 4.78 is 1.78. The standard InChI is InChI=1S/C16H11ClN4/c17-12-7-5-11(6-8-12)15-16(21-10-18-9-19-21)13-3-1-2-4-14(13)20-15/h1-10,20H. The van der Waals surface area contributed by atoms with Gasteiger partial charge in [-0.1, -0.05) is 41.9 Å². The number of halogens is 1. The molecule has 0 amide bonds. The minimum atomic E-state index is 0.720. The van der Waals surface area contributed by atoms with E-state index in [-0.39, 0.29) is 0 Å². The summed E-state index contributed by atoms with van der Waals surface area (Å²) in [6.07, 6.45) is 3.24. The molecule has 0 aliphatic heterocycles. The minimum absolute atomic E-state index is 0.720. The molecule has 0 bridgehead atoms. The van der Waals surface area contributed by atoms with Crippen molar-refractivity contribution in [3.63, 3.8) is 0 Å². The van der Waals surface area contributed by atoms with Gasteiger partial charge in [-0.25, -0.2) is 9.67 Å². The number of hydrogen-bond acceptors (Lipinski definition) is 2. The molecule has 0 aliphatic rings. The summed E-state index contributed by atoms with van der Waals surface area (Å²) in [6, 6.07) is 15.9. The normalized spacial score (nSPS) is 11.1. The fourth-order valence-corrected chi connectivity index (χ4v) is 2.64. The Bertz CT molecular complexity index is 892. The monoisotopic (exact) mass is 294 g/mol. The van der Waals surface area contributed by atoms with Gasteiger partial charge in [-0.3, -0.25) is 0 Å². The number of rotatable bonds is 2. The summed E-state index contributed by atoms with van der Waals surface area (Å²) in [5, 5.41) is 6.10. The zero-order valence-corrected chi connectivity index (χ0v) is 11.7. The molecular formula is C16H11ClN4. The first kappa shape index (κ1) is 12.2. The molecule has 1 N–H and O–H groups in total. The average molecular weight is 295 g/mol. The quantitative estimate of drug-likeness (QED) is 0.606. The third kappa shape index (κ3) is 2.00. The molecule has 0 unspecified atom stereocenters. The summed E-state index contributed by atoms with van der Waals surface area (Å²) >= 11 is 5.98. The van der Waals surface area contributed by atoms with Crippen LogP contribution in [0.25, 0.3) is 27.8 Å². The van der Waals surface area contributed by atoms with Gasteiger partial charge in [0, 0.05) is 21.5 Å². The van der Waals surface area contributed by atoms with Crippen molar-refractivity contribution in [2.45, 2.75) is 0 Å². The molecule has 102 valence electrons. The van der Waals surface area contributed by atoms with Gasteiger partial charge >= 0.3 is 0 Å². The predicted octanol–water partition coefficient (Wildman–Crippen LogP) is 4.07. The summed E-state index contributed by atoms with van der Waals surface area (Å²) in [5.74, 6) is 0. The number of fused-ring (bicyclic) bond motifs is 1. The van der Waals surface area contributed by atoms with E-state index in [4.69, 9.17) is 11.6 Å². The highest BCUT2D eigenvalue weighted by Crippen LogP contribution is 2.33. The van der Waals surface area contributed by atoms with Gasteiger partial charge in [0.15, 0.2) is 0 Å². The second kappa shape index (κ2) is 4.75. The van der Waals surface area contributed by atoms with Gasteiger partial charge in [0.2, 0.25) is 0 Å². The number of hydrogen-bond donors (Lipinski definition) is 1. The second-order valence-electron chi connectivity index (χ2n) is 4.74. The molecule has 0 radical (unpaired) electrons. The van der Waals surface area contributed by atoms with E-state index < -0.39 is 0 Å². The fraction of sp³-hybridized carbons (Fsp3) is 0. The Morgan fingerprint density at radius 2 is 1.81 bits per heavy atom. The molecule has 2 aromatic heterocycles. The van der Waals surface area contributed by atoms with E-state index in [0.29, 0.717) is 0 Å². The van der Waals surface area contributed by atoms with E-state index in [1.54, 1.807) is 11.0 Å². The molecule has 0 atom stereocenters. The predicted molar refractivity (Wildman–Crippen MR) is 83.7 cm³/mol. The van der Waals surface area contributed by atoms with Gasteiger partial charge in [-0.15, -0.1) is 0 Å². The van der Waals surface area contributed by atoms with Crippen molar-refractivity contribution in [3.8, 4) is 16.9 Å². The van der Waals surface area contributed by atoms with E-state index in [2.05, 4.69) is 27.2 Å². The Kier molecular flexibility index (Phi) is 2.75. The summed E-state index contributed by atoms with van der Waals surface area (Å²) in [4.78, 5) is 7.51. The van der Waals surface area contributed by atoms with Crippen LogP contribution in [0.1, 0.15) is 0 Å². The van der Waals surface area contributed by atoms with E-state index in [1.165, 1.54) is 6.33 Å². The lowest BCUT2D eigenvalue weighted by atomic mass is 10.1. The Labute approximate surface area is 126 Å². The Morgan fingerprint density at radius 3 is 2.57 bits per heavy atom. The molecule has 4 aromatic rings. The summed E-state index contributed by atoms with van der Waals surface area (Å²) in [5.41, 5.74) is 4.11. The Hall–Kier alpha value is -2.59. The largest absolute Gasteiger partial charge is 0.353 e. The third-order valence-electron chi connectivity index (χ3n) is 3.46. The smallest absolute Gasteiger partial charge is 0.138 e. The maximum Gasteiger partial charge on any atom is 0.138 e. The van der Waals surface area contributed by atoms with E-state index in [0.717, 1.165) is 32.9 Å². The molecule has 4 rings (SSSR count). The SMILES string of the molecule is Clc1ccc(-c2[nH]c3ccccc3c2-n2cncn2)cc1. The lowest BCUT2D eigenvalue weighted by Crippen LogP contribution is -1.95. The maximum atomic E-state index is 5.98. The van der Waals surface area contributed by atoms with Crippen molar-refractivity contribution in [2.24, 2.45) is 0 Å². The van der Waals surface area contributed by atoms with Gasteiger partial charge in [-0.05, 0) is 18.2 Å². The van der Waals surface area contributed by atoms with Crippen molar-refractivity contribution in [1.82, 2.24) is 19.7 Å². The lowest BCUT2D eigenvalue weighted by Gasteiger charge is -2.04. The van der Waals surface area contributed by atoms with Crippen LogP contribution >= 0.6 is 11.6 Å². The Morgan fingerprint density at radius 1 is 1.00 bits per heavy atom. The molecule has 0 saturated heterocycles. The molecule has 5 heteroatoms. The van der Waals surface area contributed by atoms with Gasteiger partial charge < -0.3 is 4.98 Å². The first-order chi connectivity index (χ1) is 10.3. The molecule has 2 heterocycles. The van der Waals surface area contributed by atoms with E-state index in [1.807, 2.05) is 36.4 Å². The molecule has 21 heavy (non-hydrogen) atoms. The van der Waals surface area contributed by atoms with E-state index >= 15 is 0 Å². The maximum absolute atomic E-state index is 5.98. The van der Waals surface area contributed by atoms with Crippen LogP contribution in [0.5, 0.6) is 0 Å². The average Bonchev–Trinajstić information content (AvgIpc) is 3.14. The van der Waals surface area contributed by atoms with Crippen LogP contribution in [0.15, 0.2) is 61.2 Å². The van der Waals surface area contributed by atoms with Crippen molar-refractivity contribution in [2.75, 3.05) is 0 Å². The Balaban J connectivity index is 2.04. The van der Waals surface area contributed by atoms with Crippen LogP contribution in [0.2, 0.25) is 5.02 Å². The number of H-pyrrole nitrogens is 1. The van der Waals surface area contributed by atoms with Gasteiger partial charge in [0.05, 0.1) is 11.4 Å². The number of benzene rings is 2. The molecule has 4 nitrogen and oxygen atoms in total. The number of aromatic amines is 1. The molecule has 0 fully saturated rings. The summed E-state index contributed by atoms with van der Waals surface area (Å²) in [7, 11) is 0. The van der Waals surface area contributed by atoms with Crippen molar-refractivity contribution in [1.29, 1.82) is 0 Å². The third-order valence-corrected chi connectivity index (χ3v) is 3.71. The molecular weight excluding hydrogens is 284 g/mol. The van der Waals surface area contributed by atoms with Crippen LogP contribution < -0.4 is 0 Å². The molecule has 0 saturated carbocycles. The van der Waals surface area contributed by atoms with Crippen LogP contribution in [0.4, 0.5) is 0 Å². The fourth-order valence-electron chi connectivity index (χ4n) is 2.51. The lowest BCUT2D eigenvalue weighted by molar-refractivity contribution is 0.887. The van der Waals surface area contributed by atoms with Gasteiger partial charge in [0.1, 0.15) is 12.7 Å². The van der Waals surface area contributed by atoms with Gasteiger partial charge in [0.25, 0.3) is 0 Å². The van der Waals surface area contributed by atoms with Crippen molar-refractivity contribution < 1.29 is 0 Å². The topological polar surface area (TPSA) is 46.5 Å². The van der Waals surface area contributed by atoms with Crippen LogP contribution in [0.3, 0.4) is 0 Å². The van der Waals surface area contributed by atoms with Crippen molar-refractivity contribution in [3.05, 3.63) is 66.2 Å². The summed E-state index contributed by atoms with van der Waals surface area (Å²) in [6.45, 7) is 0. The number of aromatic nitrogens is 4. The van der Waals surface area contributed by atoms with Crippen LogP contribution in [0, 0.1) is 0 Å². The highest BCUT2D eigenvalue weighted by Gasteiger charge is 2.15. The van der Waals surface area contributed by atoms with Crippen molar-refractivity contribution >= 4 is 22.5 Å².